The zero-order valence-electron chi connectivity index (χ0n) is 10.4. The zero-order valence-corrected chi connectivity index (χ0v) is 10.4. The van der Waals surface area contributed by atoms with E-state index in [4.69, 9.17) is 5.11 Å². The molecular formula is C13H11N5O2. The second-order valence-electron chi connectivity index (χ2n) is 4.15. The monoisotopic (exact) mass is 269 g/mol. The summed E-state index contributed by atoms with van der Waals surface area (Å²) in [6.07, 6.45) is 5.08. The fourth-order valence-electron chi connectivity index (χ4n) is 1.83. The van der Waals surface area contributed by atoms with Gasteiger partial charge in [0.15, 0.2) is 11.3 Å². The highest BCUT2D eigenvalue weighted by molar-refractivity contribution is 5.86. The Morgan fingerprint density at radius 2 is 2.25 bits per heavy atom. The van der Waals surface area contributed by atoms with Crippen molar-refractivity contribution >= 4 is 17.4 Å². The van der Waals surface area contributed by atoms with E-state index in [0.29, 0.717) is 18.0 Å². The minimum absolute atomic E-state index is 0.0341. The maximum atomic E-state index is 10.9. The van der Waals surface area contributed by atoms with Gasteiger partial charge in [0.25, 0.3) is 0 Å². The van der Waals surface area contributed by atoms with E-state index in [2.05, 4.69) is 20.4 Å². The van der Waals surface area contributed by atoms with Crippen LogP contribution >= 0.6 is 0 Å². The van der Waals surface area contributed by atoms with Gasteiger partial charge in [-0.25, -0.2) is 9.78 Å². The van der Waals surface area contributed by atoms with Gasteiger partial charge in [0.2, 0.25) is 0 Å². The lowest BCUT2D eigenvalue weighted by Crippen LogP contribution is -2.06. The standard InChI is InChI=1S/C13H11N5O2/c19-13(20)10-6-12-15-5-3-11(18(12)17-10)16-8-9-2-1-4-14-7-9/h1-7,16H,8H2,(H,19,20). The van der Waals surface area contributed by atoms with Gasteiger partial charge >= 0.3 is 5.97 Å². The van der Waals surface area contributed by atoms with Crippen LogP contribution in [0.2, 0.25) is 0 Å². The summed E-state index contributed by atoms with van der Waals surface area (Å²) < 4.78 is 1.47. The zero-order chi connectivity index (χ0) is 13.9. The summed E-state index contributed by atoms with van der Waals surface area (Å²) in [5, 5.41) is 16.1. The lowest BCUT2D eigenvalue weighted by molar-refractivity contribution is 0.0690. The normalized spacial score (nSPS) is 10.6. The van der Waals surface area contributed by atoms with E-state index in [1.807, 2.05) is 12.1 Å². The highest BCUT2D eigenvalue weighted by atomic mass is 16.4. The lowest BCUT2D eigenvalue weighted by Gasteiger charge is -2.07. The fraction of sp³-hybridized carbons (Fsp3) is 0.0769. The lowest BCUT2D eigenvalue weighted by atomic mass is 10.3. The van der Waals surface area contributed by atoms with Crippen molar-refractivity contribution in [2.45, 2.75) is 6.54 Å². The van der Waals surface area contributed by atoms with Crippen molar-refractivity contribution in [2.24, 2.45) is 0 Å². The molecule has 3 heterocycles. The number of hydrogen-bond donors (Lipinski definition) is 2. The minimum Gasteiger partial charge on any atom is -0.476 e. The highest BCUT2D eigenvalue weighted by Gasteiger charge is 2.11. The number of rotatable bonds is 4. The number of nitrogens with zero attached hydrogens (tertiary/aromatic N) is 4. The van der Waals surface area contributed by atoms with Gasteiger partial charge in [-0.2, -0.15) is 9.61 Å². The third-order valence-corrected chi connectivity index (χ3v) is 2.77. The van der Waals surface area contributed by atoms with Crippen LogP contribution in [0, 0.1) is 0 Å². The predicted molar refractivity (Wildman–Crippen MR) is 71.5 cm³/mol. The Labute approximate surface area is 113 Å². The third-order valence-electron chi connectivity index (χ3n) is 2.77. The molecule has 0 saturated heterocycles. The molecule has 0 aliphatic heterocycles. The van der Waals surface area contributed by atoms with E-state index >= 15 is 0 Å². The smallest absolute Gasteiger partial charge is 0.356 e. The van der Waals surface area contributed by atoms with Gasteiger partial charge in [-0.05, 0) is 17.7 Å². The molecule has 0 bridgehead atoms. The van der Waals surface area contributed by atoms with Crippen molar-refractivity contribution in [1.82, 2.24) is 19.6 Å². The molecular weight excluding hydrogens is 258 g/mol. The van der Waals surface area contributed by atoms with E-state index in [9.17, 15) is 4.79 Å². The van der Waals surface area contributed by atoms with Crippen molar-refractivity contribution in [3.05, 3.63) is 54.1 Å². The molecule has 100 valence electrons. The van der Waals surface area contributed by atoms with Gasteiger partial charge in [-0.15, -0.1) is 0 Å². The minimum atomic E-state index is -1.08. The van der Waals surface area contributed by atoms with Crippen LogP contribution in [-0.2, 0) is 6.54 Å². The molecule has 2 N–H and O–H groups in total. The van der Waals surface area contributed by atoms with Crippen LogP contribution in [0.25, 0.3) is 5.65 Å². The van der Waals surface area contributed by atoms with Crippen molar-refractivity contribution < 1.29 is 9.90 Å². The number of nitrogens with one attached hydrogen (secondary N) is 1. The fourth-order valence-corrected chi connectivity index (χ4v) is 1.83. The molecule has 0 fully saturated rings. The molecule has 3 rings (SSSR count). The van der Waals surface area contributed by atoms with Crippen LogP contribution in [0.1, 0.15) is 16.1 Å². The number of carboxylic acids is 1. The number of pyridine rings is 1. The van der Waals surface area contributed by atoms with E-state index in [0.717, 1.165) is 5.56 Å². The van der Waals surface area contributed by atoms with Gasteiger partial charge < -0.3 is 10.4 Å². The molecule has 0 radical (unpaired) electrons. The van der Waals surface area contributed by atoms with Crippen LogP contribution in [0.3, 0.4) is 0 Å². The first kappa shape index (κ1) is 12.1. The molecule has 0 amide bonds. The van der Waals surface area contributed by atoms with Gasteiger partial charge in [-0.1, -0.05) is 6.07 Å². The molecule has 3 aromatic rings. The average Bonchev–Trinajstić information content (AvgIpc) is 2.91. The number of anilines is 1. The Morgan fingerprint density at radius 1 is 1.35 bits per heavy atom. The molecule has 0 aromatic carbocycles. The van der Waals surface area contributed by atoms with Crippen molar-refractivity contribution in [3.63, 3.8) is 0 Å². The topological polar surface area (TPSA) is 92.4 Å². The van der Waals surface area contributed by atoms with Crippen LogP contribution < -0.4 is 5.32 Å². The van der Waals surface area contributed by atoms with Gasteiger partial charge in [-0.3, -0.25) is 4.98 Å². The first-order chi connectivity index (χ1) is 9.74. The van der Waals surface area contributed by atoms with Crippen LogP contribution in [0.15, 0.2) is 42.9 Å². The van der Waals surface area contributed by atoms with Crippen molar-refractivity contribution in [3.8, 4) is 0 Å². The number of carboxylic acid groups (broad SMARTS) is 1. The second-order valence-corrected chi connectivity index (χ2v) is 4.15. The molecule has 0 spiro atoms. The Balaban J connectivity index is 1.89. The van der Waals surface area contributed by atoms with Gasteiger partial charge in [0.05, 0.1) is 0 Å². The summed E-state index contributed by atoms with van der Waals surface area (Å²) in [6.45, 7) is 0.565. The average molecular weight is 269 g/mol. The van der Waals surface area contributed by atoms with Crippen LogP contribution in [-0.4, -0.2) is 30.7 Å². The molecule has 0 atom stereocenters. The SMILES string of the molecule is O=C(O)c1cc2nccc(NCc3cccnc3)n2n1. The van der Waals surface area contributed by atoms with Crippen molar-refractivity contribution in [1.29, 1.82) is 0 Å². The molecule has 7 heteroatoms. The Kier molecular flexibility index (Phi) is 3.00. The number of hydrogen-bond acceptors (Lipinski definition) is 5. The molecule has 0 saturated carbocycles. The van der Waals surface area contributed by atoms with E-state index in [1.54, 1.807) is 24.7 Å². The molecule has 0 unspecified atom stereocenters. The summed E-state index contributed by atoms with van der Waals surface area (Å²) in [7, 11) is 0. The van der Waals surface area contributed by atoms with E-state index in [1.165, 1.54) is 10.6 Å². The molecule has 20 heavy (non-hydrogen) atoms. The number of fused-ring (bicyclic) bond motifs is 1. The second kappa shape index (κ2) is 4.96. The quantitative estimate of drug-likeness (QED) is 0.744. The van der Waals surface area contributed by atoms with Crippen molar-refractivity contribution in [2.75, 3.05) is 5.32 Å². The van der Waals surface area contributed by atoms with Crippen LogP contribution in [0.5, 0.6) is 0 Å². The first-order valence-corrected chi connectivity index (χ1v) is 5.95. The third kappa shape index (κ3) is 2.28. The summed E-state index contributed by atoms with van der Waals surface area (Å²) in [5.41, 5.74) is 1.47. The van der Waals surface area contributed by atoms with Gasteiger partial charge in [0.1, 0.15) is 5.82 Å². The maximum absolute atomic E-state index is 10.9. The van der Waals surface area contributed by atoms with E-state index in [-0.39, 0.29) is 5.69 Å². The largest absolute Gasteiger partial charge is 0.476 e. The molecule has 3 aromatic heterocycles. The molecule has 0 aliphatic carbocycles. The Morgan fingerprint density at radius 3 is 3.00 bits per heavy atom. The Hall–Kier alpha value is -2.96. The number of aromatic carboxylic acids is 1. The molecule has 7 nitrogen and oxygen atoms in total. The first-order valence-electron chi connectivity index (χ1n) is 5.95. The Bertz CT molecular complexity index is 754. The highest BCUT2D eigenvalue weighted by Crippen LogP contribution is 2.12. The summed E-state index contributed by atoms with van der Waals surface area (Å²) in [6, 6.07) is 6.97. The summed E-state index contributed by atoms with van der Waals surface area (Å²) in [4.78, 5) is 19.0. The van der Waals surface area contributed by atoms with E-state index < -0.39 is 5.97 Å². The summed E-state index contributed by atoms with van der Waals surface area (Å²) in [5.74, 6) is -0.403. The number of carbonyl (C=O) groups is 1. The summed E-state index contributed by atoms with van der Waals surface area (Å²) >= 11 is 0. The number of aromatic nitrogens is 4. The van der Waals surface area contributed by atoms with Crippen LogP contribution in [0.4, 0.5) is 5.82 Å². The van der Waals surface area contributed by atoms with Gasteiger partial charge in [0, 0.05) is 31.2 Å². The molecule has 0 aliphatic rings. The maximum Gasteiger partial charge on any atom is 0.356 e. The predicted octanol–water partition coefficient (Wildman–Crippen LogP) is 1.43.